The van der Waals surface area contributed by atoms with Crippen molar-refractivity contribution in [3.8, 4) is 0 Å². The summed E-state index contributed by atoms with van der Waals surface area (Å²) in [6.45, 7) is 2.03. The first kappa shape index (κ1) is 18.7. The Morgan fingerprint density at radius 3 is 2.50 bits per heavy atom. The van der Waals surface area contributed by atoms with Crippen LogP contribution in [0.2, 0.25) is 0 Å². The predicted molar refractivity (Wildman–Crippen MR) is 104 cm³/mol. The van der Waals surface area contributed by atoms with Crippen LogP contribution in [0.15, 0.2) is 36.4 Å². The summed E-state index contributed by atoms with van der Waals surface area (Å²) in [5.41, 5.74) is 1.66. The summed E-state index contributed by atoms with van der Waals surface area (Å²) >= 11 is 0. The van der Waals surface area contributed by atoms with Crippen LogP contribution in [0.1, 0.15) is 58.8 Å². The van der Waals surface area contributed by atoms with E-state index in [4.69, 9.17) is 0 Å². The van der Waals surface area contributed by atoms with Crippen molar-refractivity contribution in [1.82, 2.24) is 20.4 Å². The van der Waals surface area contributed by atoms with Gasteiger partial charge in [0.05, 0.1) is 12.1 Å². The molecule has 2 amide bonds. The Morgan fingerprint density at radius 2 is 1.89 bits per heavy atom. The van der Waals surface area contributed by atoms with Crippen LogP contribution in [0, 0.1) is 11.8 Å². The van der Waals surface area contributed by atoms with Crippen molar-refractivity contribution in [3.63, 3.8) is 0 Å². The summed E-state index contributed by atoms with van der Waals surface area (Å²) < 4.78 is 1.67. The van der Waals surface area contributed by atoms with Crippen LogP contribution in [0.25, 0.3) is 0 Å². The van der Waals surface area contributed by atoms with Crippen molar-refractivity contribution in [1.29, 1.82) is 0 Å². The van der Waals surface area contributed by atoms with Gasteiger partial charge in [-0.1, -0.05) is 37.3 Å². The van der Waals surface area contributed by atoms with Crippen molar-refractivity contribution in [2.75, 3.05) is 7.05 Å². The zero-order valence-electron chi connectivity index (χ0n) is 16.1. The number of hydrogen-bond acceptors (Lipinski definition) is 4. The molecule has 5 atom stereocenters. The fourth-order valence-corrected chi connectivity index (χ4v) is 4.52. The molecule has 1 aromatic heterocycles. The molecule has 148 valence electrons. The van der Waals surface area contributed by atoms with Gasteiger partial charge in [-0.05, 0) is 36.7 Å². The molecular formula is C21H26N4O3. The van der Waals surface area contributed by atoms with Gasteiger partial charge in [-0.15, -0.1) is 0 Å². The van der Waals surface area contributed by atoms with Gasteiger partial charge in [-0.3, -0.25) is 14.3 Å². The van der Waals surface area contributed by atoms with Crippen molar-refractivity contribution in [2.24, 2.45) is 11.8 Å². The maximum absolute atomic E-state index is 13.0. The molecule has 0 aliphatic heterocycles. The van der Waals surface area contributed by atoms with Gasteiger partial charge in [0.25, 0.3) is 11.8 Å². The number of hydrogen-bond donors (Lipinski definition) is 3. The Balaban J connectivity index is 1.62. The van der Waals surface area contributed by atoms with Gasteiger partial charge >= 0.3 is 0 Å². The molecule has 2 aromatic rings. The van der Waals surface area contributed by atoms with Gasteiger partial charge in [0, 0.05) is 19.2 Å². The van der Waals surface area contributed by atoms with E-state index in [2.05, 4.69) is 15.7 Å². The fraction of sp³-hybridized carbons (Fsp3) is 0.476. The number of aliphatic hydroxyl groups is 1. The first-order valence-corrected chi connectivity index (χ1v) is 9.89. The van der Waals surface area contributed by atoms with E-state index in [1.807, 2.05) is 37.3 Å². The Hall–Kier alpha value is -2.67. The Kier molecular flexibility index (Phi) is 4.93. The van der Waals surface area contributed by atoms with Crippen LogP contribution in [0.5, 0.6) is 0 Å². The second-order valence-corrected chi connectivity index (χ2v) is 7.73. The Labute approximate surface area is 164 Å². The second kappa shape index (κ2) is 7.39. The molecule has 0 bridgehead atoms. The first-order chi connectivity index (χ1) is 13.5. The largest absolute Gasteiger partial charge is 0.393 e. The summed E-state index contributed by atoms with van der Waals surface area (Å²) in [7, 11) is 1.55. The average molecular weight is 382 g/mol. The Morgan fingerprint density at radius 1 is 1.21 bits per heavy atom. The van der Waals surface area contributed by atoms with Gasteiger partial charge in [0.2, 0.25) is 0 Å². The smallest absolute Gasteiger partial charge is 0.271 e. The number of fused-ring (bicyclic) bond motifs is 1. The third-order valence-corrected chi connectivity index (χ3v) is 6.01. The van der Waals surface area contributed by atoms with Crippen LogP contribution < -0.4 is 10.6 Å². The molecule has 0 radical (unpaired) electrons. The normalized spacial score (nSPS) is 26.4. The lowest BCUT2D eigenvalue weighted by Gasteiger charge is -2.19. The molecule has 0 saturated heterocycles. The number of amides is 2. The van der Waals surface area contributed by atoms with Crippen molar-refractivity contribution in [3.05, 3.63) is 53.3 Å². The van der Waals surface area contributed by atoms with Crippen LogP contribution >= 0.6 is 0 Å². The summed E-state index contributed by atoms with van der Waals surface area (Å²) in [4.78, 5) is 25.2. The second-order valence-electron chi connectivity index (χ2n) is 7.73. The molecule has 3 unspecified atom stereocenters. The van der Waals surface area contributed by atoms with E-state index in [0.717, 1.165) is 24.8 Å². The maximum atomic E-state index is 13.0. The number of carbonyl (C=O) groups is 2. The molecule has 7 heteroatoms. The number of aromatic nitrogens is 2. The minimum absolute atomic E-state index is 0.111. The van der Waals surface area contributed by atoms with Gasteiger partial charge in [0.15, 0.2) is 5.69 Å². The molecule has 2 saturated carbocycles. The van der Waals surface area contributed by atoms with Crippen molar-refractivity contribution in [2.45, 2.75) is 44.4 Å². The number of nitrogens with zero attached hydrogens (tertiary/aromatic N) is 2. The van der Waals surface area contributed by atoms with Gasteiger partial charge in [-0.2, -0.15) is 5.10 Å². The minimum Gasteiger partial charge on any atom is -0.393 e. The highest BCUT2D eigenvalue weighted by atomic mass is 16.3. The number of nitrogens with one attached hydrogen (secondary N) is 2. The number of aliphatic hydroxyl groups excluding tert-OH is 1. The molecular weight excluding hydrogens is 356 g/mol. The van der Waals surface area contributed by atoms with Gasteiger partial charge in [-0.25, -0.2) is 0 Å². The van der Waals surface area contributed by atoms with E-state index in [1.165, 1.54) is 0 Å². The minimum atomic E-state index is -0.317. The molecule has 2 fully saturated rings. The van der Waals surface area contributed by atoms with Gasteiger partial charge in [0.1, 0.15) is 5.69 Å². The lowest BCUT2D eigenvalue weighted by atomic mass is 10.0. The van der Waals surface area contributed by atoms with E-state index in [-0.39, 0.29) is 35.7 Å². The third-order valence-electron chi connectivity index (χ3n) is 6.01. The summed E-state index contributed by atoms with van der Waals surface area (Å²) in [6, 6.07) is 11.4. The van der Waals surface area contributed by atoms with E-state index in [9.17, 15) is 14.7 Å². The molecule has 4 rings (SSSR count). The number of benzene rings is 1. The van der Waals surface area contributed by atoms with Crippen LogP contribution in [-0.2, 0) is 0 Å². The summed E-state index contributed by atoms with van der Waals surface area (Å²) in [6.07, 6.45) is 2.00. The molecule has 2 aliphatic rings. The van der Waals surface area contributed by atoms with E-state index < -0.39 is 0 Å². The Bertz CT molecular complexity index is 867. The molecule has 3 N–H and O–H groups in total. The van der Waals surface area contributed by atoms with Crippen LogP contribution in [0.4, 0.5) is 0 Å². The van der Waals surface area contributed by atoms with E-state index >= 15 is 0 Å². The molecule has 2 aliphatic carbocycles. The zero-order valence-corrected chi connectivity index (χ0v) is 16.1. The molecule has 7 nitrogen and oxygen atoms in total. The number of rotatable bonds is 6. The molecule has 0 spiro atoms. The van der Waals surface area contributed by atoms with E-state index in [1.54, 1.807) is 17.8 Å². The lowest BCUT2D eigenvalue weighted by molar-refractivity contribution is 0.0922. The molecule has 28 heavy (non-hydrogen) atoms. The summed E-state index contributed by atoms with van der Waals surface area (Å²) in [5.74, 6) is 0.197. The monoisotopic (exact) mass is 382 g/mol. The van der Waals surface area contributed by atoms with E-state index in [0.29, 0.717) is 17.5 Å². The highest BCUT2D eigenvalue weighted by Gasteiger charge is 2.56. The van der Waals surface area contributed by atoms with Crippen molar-refractivity contribution < 1.29 is 14.7 Å². The standard InChI is InChI=1S/C21H26N4O3/c1-3-17(12-7-5-4-6-8-12)25-18(11-16(24-25)20(27)22-2)21(28)23-19-14-9-13(26)10-15(14)19/h4-8,11,13-15,17,19,26H,3,9-10H2,1-2H3,(H,22,27)(H,23,28)/t13?,14-,15?,17+,19?/m1/s1. The highest BCUT2D eigenvalue weighted by molar-refractivity contribution is 5.98. The molecule has 1 heterocycles. The third kappa shape index (κ3) is 3.30. The van der Waals surface area contributed by atoms with Gasteiger partial charge < -0.3 is 15.7 Å². The van der Waals surface area contributed by atoms with Crippen LogP contribution in [-0.4, -0.2) is 45.9 Å². The quantitative estimate of drug-likeness (QED) is 0.709. The topological polar surface area (TPSA) is 96.2 Å². The average Bonchev–Trinajstić information content (AvgIpc) is 3.06. The van der Waals surface area contributed by atoms with Crippen molar-refractivity contribution >= 4 is 11.8 Å². The lowest BCUT2D eigenvalue weighted by Crippen LogP contribution is -2.32. The highest BCUT2D eigenvalue weighted by Crippen LogP contribution is 2.52. The maximum Gasteiger partial charge on any atom is 0.271 e. The zero-order chi connectivity index (χ0) is 19.8. The fourth-order valence-electron chi connectivity index (χ4n) is 4.52. The predicted octanol–water partition coefficient (Wildman–Crippen LogP) is 1.74. The summed E-state index contributed by atoms with van der Waals surface area (Å²) in [5, 5.41) is 19.8. The molecule has 1 aromatic carbocycles. The number of carbonyl (C=O) groups excluding carboxylic acids is 2. The van der Waals surface area contributed by atoms with Crippen LogP contribution in [0.3, 0.4) is 0 Å². The first-order valence-electron chi connectivity index (χ1n) is 9.89. The SMILES string of the molecule is CC[C@@H](c1ccccc1)n1nc(C(=O)NC)cc1C(=O)NC1C2CC(O)C[C@H]21.